The molecule has 20 heavy (non-hydrogen) atoms. The zero-order chi connectivity index (χ0) is 14.5. The summed E-state index contributed by atoms with van der Waals surface area (Å²) < 4.78 is 6.69. The van der Waals surface area contributed by atoms with Crippen LogP contribution in [0.2, 0.25) is 0 Å². The third-order valence-electron chi connectivity index (χ3n) is 2.99. The van der Waals surface area contributed by atoms with Gasteiger partial charge in [-0.05, 0) is 30.7 Å². The Labute approximate surface area is 118 Å². The van der Waals surface area contributed by atoms with Gasteiger partial charge in [-0.15, -0.1) is 0 Å². The number of benzene rings is 1. The van der Waals surface area contributed by atoms with Gasteiger partial charge in [0, 0.05) is 18.7 Å². The zero-order valence-electron chi connectivity index (χ0n) is 12.0. The van der Waals surface area contributed by atoms with Crippen LogP contribution in [0.15, 0.2) is 36.5 Å². The molecule has 0 unspecified atom stereocenters. The van der Waals surface area contributed by atoms with Gasteiger partial charge in [-0.2, -0.15) is 0 Å². The molecule has 0 amide bonds. The van der Waals surface area contributed by atoms with Crippen molar-refractivity contribution in [2.45, 2.75) is 20.3 Å². The van der Waals surface area contributed by atoms with Crippen molar-refractivity contribution in [2.75, 3.05) is 7.11 Å². The van der Waals surface area contributed by atoms with E-state index in [1.54, 1.807) is 30.0 Å². The lowest BCUT2D eigenvalue weighted by Gasteiger charge is -2.01. The molecule has 1 heterocycles. The first-order valence-electron chi connectivity index (χ1n) is 6.55. The number of carbonyl (C=O) groups excluding carboxylic acids is 1. The molecule has 4 nitrogen and oxygen atoms in total. The standard InChI is InChI=1S/C16H18N2O2/c1-4-15-17-12(2)11-18(15)16(19)10-7-13-5-8-14(20-3)9-6-13/h5-11H,4H2,1-3H3. The lowest BCUT2D eigenvalue weighted by atomic mass is 10.2. The first-order chi connectivity index (χ1) is 9.63. The molecule has 2 aromatic rings. The molecule has 0 saturated heterocycles. The summed E-state index contributed by atoms with van der Waals surface area (Å²) in [4.78, 5) is 16.5. The van der Waals surface area contributed by atoms with Crippen LogP contribution in [0.3, 0.4) is 0 Å². The van der Waals surface area contributed by atoms with Gasteiger partial charge in [-0.1, -0.05) is 19.1 Å². The van der Waals surface area contributed by atoms with E-state index in [2.05, 4.69) is 4.98 Å². The van der Waals surface area contributed by atoms with Crippen LogP contribution in [0.1, 0.15) is 28.8 Å². The minimum Gasteiger partial charge on any atom is -0.497 e. The van der Waals surface area contributed by atoms with E-state index in [9.17, 15) is 4.79 Å². The summed E-state index contributed by atoms with van der Waals surface area (Å²) in [7, 11) is 1.63. The molecule has 0 radical (unpaired) electrons. The van der Waals surface area contributed by atoms with Crippen molar-refractivity contribution < 1.29 is 9.53 Å². The molecule has 0 fully saturated rings. The predicted octanol–water partition coefficient (Wildman–Crippen LogP) is 3.12. The second-order valence-corrected chi connectivity index (χ2v) is 4.47. The number of aryl methyl sites for hydroxylation is 2. The molecule has 0 aliphatic carbocycles. The van der Waals surface area contributed by atoms with E-state index in [-0.39, 0.29) is 5.91 Å². The predicted molar refractivity (Wildman–Crippen MR) is 79.0 cm³/mol. The largest absolute Gasteiger partial charge is 0.497 e. The van der Waals surface area contributed by atoms with Crippen molar-refractivity contribution in [1.29, 1.82) is 0 Å². The van der Waals surface area contributed by atoms with Crippen molar-refractivity contribution in [3.63, 3.8) is 0 Å². The van der Waals surface area contributed by atoms with Crippen molar-refractivity contribution in [2.24, 2.45) is 0 Å². The van der Waals surface area contributed by atoms with Gasteiger partial charge in [0.2, 0.25) is 0 Å². The Bertz CT molecular complexity index is 624. The number of hydrogen-bond acceptors (Lipinski definition) is 3. The summed E-state index contributed by atoms with van der Waals surface area (Å²) in [6.07, 6.45) is 5.84. The van der Waals surface area contributed by atoms with Crippen LogP contribution in [0.25, 0.3) is 6.08 Å². The Hall–Kier alpha value is -2.36. The molecule has 0 aliphatic heterocycles. The normalized spacial score (nSPS) is 10.9. The fourth-order valence-corrected chi connectivity index (χ4v) is 1.95. The highest BCUT2D eigenvalue weighted by molar-refractivity contribution is 5.94. The van der Waals surface area contributed by atoms with Gasteiger partial charge >= 0.3 is 0 Å². The summed E-state index contributed by atoms with van der Waals surface area (Å²) in [5, 5.41) is 0. The van der Waals surface area contributed by atoms with Crippen LogP contribution in [0.4, 0.5) is 0 Å². The van der Waals surface area contributed by atoms with E-state index >= 15 is 0 Å². The molecular formula is C16H18N2O2. The zero-order valence-corrected chi connectivity index (χ0v) is 12.0. The molecule has 0 aliphatic rings. The SMILES string of the molecule is CCc1nc(C)cn1C(=O)C=Cc1ccc(OC)cc1. The third-order valence-corrected chi connectivity index (χ3v) is 2.99. The highest BCUT2D eigenvalue weighted by Gasteiger charge is 2.08. The first-order valence-corrected chi connectivity index (χ1v) is 6.55. The average Bonchev–Trinajstić information content (AvgIpc) is 2.86. The Morgan fingerprint density at radius 1 is 1.35 bits per heavy atom. The smallest absolute Gasteiger partial charge is 0.256 e. The van der Waals surface area contributed by atoms with E-state index < -0.39 is 0 Å². The lowest BCUT2D eigenvalue weighted by molar-refractivity contribution is 0.0966. The van der Waals surface area contributed by atoms with Crippen molar-refractivity contribution in [1.82, 2.24) is 9.55 Å². The minimum absolute atomic E-state index is 0.0849. The molecule has 1 aromatic carbocycles. The van der Waals surface area contributed by atoms with Gasteiger partial charge in [0.05, 0.1) is 12.8 Å². The quantitative estimate of drug-likeness (QED) is 0.802. The second kappa shape index (κ2) is 6.19. The topological polar surface area (TPSA) is 44.1 Å². The Morgan fingerprint density at radius 2 is 2.05 bits per heavy atom. The number of ether oxygens (including phenoxy) is 1. The Kier molecular flexibility index (Phi) is 4.35. The van der Waals surface area contributed by atoms with Crippen LogP contribution in [0, 0.1) is 6.92 Å². The van der Waals surface area contributed by atoms with Gasteiger partial charge in [-0.3, -0.25) is 9.36 Å². The number of carbonyl (C=O) groups is 1. The molecule has 0 N–H and O–H groups in total. The van der Waals surface area contributed by atoms with E-state index in [1.165, 1.54) is 0 Å². The number of nitrogens with zero attached hydrogens (tertiary/aromatic N) is 2. The monoisotopic (exact) mass is 270 g/mol. The molecule has 2 rings (SSSR count). The van der Waals surface area contributed by atoms with Crippen LogP contribution in [0.5, 0.6) is 5.75 Å². The molecule has 1 aromatic heterocycles. The van der Waals surface area contributed by atoms with E-state index in [0.717, 1.165) is 29.3 Å². The maximum atomic E-state index is 12.1. The van der Waals surface area contributed by atoms with Crippen LogP contribution < -0.4 is 4.74 Å². The lowest BCUT2D eigenvalue weighted by Crippen LogP contribution is -2.09. The highest BCUT2D eigenvalue weighted by Crippen LogP contribution is 2.12. The summed E-state index contributed by atoms with van der Waals surface area (Å²) in [6, 6.07) is 7.54. The number of methoxy groups -OCH3 is 1. The highest BCUT2D eigenvalue weighted by atomic mass is 16.5. The van der Waals surface area contributed by atoms with Crippen LogP contribution >= 0.6 is 0 Å². The summed E-state index contributed by atoms with van der Waals surface area (Å²) in [6.45, 7) is 3.87. The maximum Gasteiger partial charge on any atom is 0.256 e. The molecule has 4 heteroatoms. The summed E-state index contributed by atoms with van der Waals surface area (Å²) in [5.74, 6) is 1.50. The van der Waals surface area contributed by atoms with Gasteiger partial charge in [0.25, 0.3) is 5.91 Å². The van der Waals surface area contributed by atoms with Gasteiger partial charge in [0.15, 0.2) is 0 Å². The third kappa shape index (κ3) is 3.15. The minimum atomic E-state index is -0.0849. The average molecular weight is 270 g/mol. The van der Waals surface area contributed by atoms with Gasteiger partial charge < -0.3 is 4.74 Å². The fraction of sp³-hybridized carbons (Fsp3) is 0.250. The van der Waals surface area contributed by atoms with Crippen molar-refractivity contribution >= 4 is 12.0 Å². The number of rotatable bonds is 4. The van der Waals surface area contributed by atoms with Gasteiger partial charge in [0.1, 0.15) is 11.6 Å². The molecular weight excluding hydrogens is 252 g/mol. The molecule has 104 valence electrons. The number of imidazole rings is 1. The number of aromatic nitrogens is 2. The number of allylic oxidation sites excluding steroid dienone is 1. The Morgan fingerprint density at radius 3 is 2.65 bits per heavy atom. The summed E-state index contributed by atoms with van der Waals surface area (Å²) in [5.41, 5.74) is 1.81. The van der Waals surface area contributed by atoms with Gasteiger partial charge in [-0.25, -0.2) is 4.98 Å². The van der Waals surface area contributed by atoms with E-state index in [0.29, 0.717) is 0 Å². The maximum absolute atomic E-state index is 12.1. The number of hydrogen-bond donors (Lipinski definition) is 0. The Balaban J connectivity index is 2.15. The van der Waals surface area contributed by atoms with E-state index in [1.807, 2.05) is 38.1 Å². The molecule has 0 atom stereocenters. The van der Waals surface area contributed by atoms with E-state index in [4.69, 9.17) is 4.74 Å². The van der Waals surface area contributed by atoms with Crippen LogP contribution in [-0.2, 0) is 6.42 Å². The van der Waals surface area contributed by atoms with Crippen molar-refractivity contribution in [3.05, 3.63) is 53.6 Å². The second-order valence-electron chi connectivity index (χ2n) is 4.47. The fourth-order valence-electron chi connectivity index (χ4n) is 1.95. The molecule has 0 spiro atoms. The molecule has 0 saturated carbocycles. The first kappa shape index (κ1) is 14.1. The van der Waals surface area contributed by atoms with Crippen molar-refractivity contribution in [3.8, 4) is 5.75 Å². The van der Waals surface area contributed by atoms with Crippen LogP contribution in [-0.4, -0.2) is 22.6 Å². The molecule has 0 bridgehead atoms. The summed E-state index contributed by atoms with van der Waals surface area (Å²) >= 11 is 0.